The summed E-state index contributed by atoms with van der Waals surface area (Å²) in [5.74, 6) is -0.664. The number of nitrogens with one attached hydrogen (secondary N) is 1. The van der Waals surface area contributed by atoms with Crippen LogP contribution in [0.2, 0.25) is 0 Å². The molecule has 0 spiro atoms. The second kappa shape index (κ2) is 7.93. The third-order valence-electron chi connectivity index (χ3n) is 4.19. The molecule has 1 unspecified atom stereocenters. The van der Waals surface area contributed by atoms with E-state index in [0.29, 0.717) is 37.6 Å². The lowest BCUT2D eigenvalue weighted by molar-refractivity contribution is -0.184. The first-order valence-corrected chi connectivity index (χ1v) is 7.40. The molecule has 0 heterocycles. The van der Waals surface area contributed by atoms with Gasteiger partial charge in [0.2, 0.25) is 0 Å². The average Bonchev–Trinajstić information content (AvgIpc) is 2.37. The third-order valence-corrected chi connectivity index (χ3v) is 4.19. The number of unbranched alkanes of at least 4 members (excludes halogenated alkanes) is 1. The molecule has 0 radical (unpaired) electrons. The lowest BCUT2D eigenvalue weighted by Crippen LogP contribution is -2.39. The maximum absolute atomic E-state index is 12.6. The molecule has 19 heavy (non-hydrogen) atoms. The lowest BCUT2D eigenvalue weighted by Gasteiger charge is -2.35. The Labute approximate surface area is 114 Å². The molecule has 0 aromatic carbocycles. The van der Waals surface area contributed by atoms with Crippen molar-refractivity contribution in [1.29, 1.82) is 0 Å². The lowest BCUT2D eigenvalue weighted by atomic mass is 9.77. The van der Waals surface area contributed by atoms with Gasteiger partial charge in [0.1, 0.15) is 0 Å². The van der Waals surface area contributed by atoms with E-state index in [2.05, 4.69) is 18.8 Å². The van der Waals surface area contributed by atoms with Gasteiger partial charge in [-0.3, -0.25) is 0 Å². The topological polar surface area (TPSA) is 12.0 Å². The van der Waals surface area contributed by atoms with E-state index in [4.69, 9.17) is 0 Å². The van der Waals surface area contributed by atoms with Crippen LogP contribution in [0.15, 0.2) is 12.7 Å². The van der Waals surface area contributed by atoms with Crippen molar-refractivity contribution in [3.05, 3.63) is 12.7 Å². The molecule has 0 amide bonds. The Morgan fingerprint density at radius 2 is 1.89 bits per heavy atom. The summed E-state index contributed by atoms with van der Waals surface area (Å²) in [4.78, 5) is 0. The highest BCUT2D eigenvalue weighted by molar-refractivity contribution is 4.84. The maximum atomic E-state index is 12.6. The van der Waals surface area contributed by atoms with Crippen molar-refractivity contribution in [2.45, 2.75) is 64.1 Å². The van der Waals surface area contributed by atoms with E-state index in [9.17, 15) is 13.2 Å². The van der Waals surface area contributed by atoms with Crippen molar-refractivity contribution < 1.29 is 13.2 Å². The van der Waals surface area contributed by atoms with E-state index in [1.165, 1.54) is 0 Å². The van der Waals surface area contributed by atoms with Crippen molar-refractivity contribution >= 4 is 0 Å². The monoisotopic (exact) mass is 277 g/mol. The summed E-state index contributed by atoms with van der Waals surface area (Å²) in [5.41, 5.74) is 0. The van der Waals surface area contributed by atoms with Crippen LogP contribution < -0.4 is 5.32 Å². The fourth-order valence-electron chi connectivity index (χ4n) is 3.10. The van der Waals surface area contributed by atoms with Crippen molar-refractivity contribution in [1.82, 2.24) is 5.32 Å². The predicted molar refractivity (Wildman–Crippen MR) is 73.0 cm³/mol. The van der Waals surface area contributed by atoms with Gasteiger partial charge in [-0.2, -0.15) is 13.2 Å². The van der Waals surface area contributed by atoms with E-state index in [1.807, 2.05) is 6.08 Å². The van der Waals surface area contributed by atoms with Crippen molar-refractivity contribution in [3.63, 3.8) is 0 Å². The van der Waals surface area contributed by atoms with Crippen LogP contribution in [0.4, 0.5) is 13.2 Å². The number of hydrogen-bond acceptors (Lipinski definition) is 1. The number of alkyl halides is 3. The minimum absolute atomic E-state index is 0.303. The normalized spacial score (nSPS) is 26.1. The van der Waals surface area contributed by atoms with Gasteiger partial charge in [0.25, 0.3) is 0 Å². The fraction of sp³-hybridized carbons (Fsp3) is 0.867. The number of hydrogen-bond donors (Lipinski definition) is 1. The second-order valence-corrected chi connectivity index (χ2v) is 5.54. The van der Waals surface area contributed by atoms with Gasteiger partial charge in [0.05, 0.1) is 5.92 Å². The first-order chi connectivity index (χ1) is 8.99. The van der Waals surface area contributed by atoms with Gasteiger partial charge in [-0.25, -0.2) is 0 Å². The van der Waals surface area contributed by atoms with Gasteiger partial charge in [0, 0.05) is 6.04 Å². The zero-order valence-corrected chi connectivity index (χ0v) is 11.8. The van der Waals surface area contributed by atoms with E-state index in [0.717, 1.165) is 25.8 Å². The first-order valence-electron chi connectivity index (χ1n) is 7.40. The predicted octanol–water partition coefficient (Wildman–Crippen LogP) is 4.69. The zero-order chi connectivity index (χ0) is 14.3. The van der Waals surface area contributed by atoms with Crippen LogP contribution >= 0.6 is 0 Å². The molecular formula is C15H26F3N. The van der Waals surface area contributed by atoms with Crippen LogP contribution in [0.25, 0.3) is 0 Å². The molecule has 112 valence electrons. The van der Waals surface area contributed by atoms with E-state index in [-0.39, 0.29) is 0 Å². The quantitative estimate of drug-likeness (QED) is 0.526. The fourth-order valence-corrected chi connectivity index (χ4v) is 3.10. The summed E-state index contributed by atoms with van der Waals surface area (Å²) in [7, 11) is 0. The summed E-state index contributed by atoms with van der Waals surface area (Å²) < 4.78 is 37.9. The van der Waals surface area contributed by atoms with Crippen molar-refractivity contribution in [3.8, 4) is 0 Å². The van der Waals surface area contributed by atoms with Crippen LogP contribution in [0, 0.1) is 11.8 Å². The molecule has 0 aliphatic heterocycles. The van der Waals surface area contributed by atoms with Gasteiger partial charge in [-0.15, -0.1) is 6.58 Å². The summed E-state index contributed by atoms with van der Waals surface area (Å²) in [6.07, 6.45) is 3.02. The minimum atomic E-state index is -4.00. The molecule has 0 saturated heterocycles. The van der Waals surface area contributed by atoms with Gasteiger partial charge < -0.3 is 5.32 Å². The molecule has 1 aliphatic rings. The highest BCUT2D eigenvalue weighted by atomic mass is 19.4. The molecule has 1 nitrogen and oxygen atoms in total. The molecule has 1 atom stereocenters. The molecule has 4 heteroatoms. The highest BCUT2D eigenvalue weighted by Gasteiger charge is 2.42. The SMILES string of the molecule is C=CCCCC(NCC)C1CCC(C(F)(F)F)CC1. The van der Waals surface area contributed by atoms with E-state index < -0.39 is 12.1 Å². The van der Waals surface area contributed by atoms with Crippen LogP contribution in [0.3, 0.4) is 0 Å². The zero-order valence-electron chi connectivity index (χ0n) is 11.8. The van der Waals surface area contributed by atoms with Crippen LogP contribution in [-0.4, -0.2) is 18.8 Å². The minimum Gasteiger partial charge on any atom is -0.314 e. The molecule has 0 aromatic heterocycles. The molecule has 0 aromatic rings. The Kier molecular flexibility index (Phi) is 6.90. The molecule has 1 fully saturated rings. The number of halogens is 3. The summed E-state index contributed by atoms with van der Waals surface area (Å²) in [5, 5.41) is 3.45. The van der Waals surface area contributed by atoms with Gasteiger partial charge in [-0.05, 0) is 57.4 Å². The molecule has 1 rings (SSSR count). The second-order valence-electron chi connectivity index (χ2n) is 5.54. The number of allylic oxidation sites excluding steroid dienone is 1. The average molecular weight is 277 g/mol. The van der Waals surface area contributed by atoms with Crippen LogP contribution in [-0.2, 0) is 0 Å². The first kappa shape index (κ1) is 16.5. The summed E-state index contributed by atoms with van der Waals surface area (Å²) in [6.45, 7) is 6.65. The Hall–Kier alpha value is -0.510. The van der Waals surface area contributed by atoms with Crippen molar-refractivity contribution in [2.24, 2.45) is 11.8 Å². The number of rotatable bonds is 7. The molecule has 0 bridgehead atoms. The van der Waals surface area contributed by atoms with Crippen LogP contribution in [0.1, 0.15) is 51.9 Å². The Balaban J connectivity index is 2.42. The standard InChI is InChI=1S/C15H26F3N/c1-3-5-6-7-14(19-4-2)12-8-10-13(11-9-12)15(16,17)18/h3,12-14,19H,1,4-11H2,2H3. The van der Waals surface area contributed by atoms with E-state index >= 15 is 0 Å². The Morgan fingerprint density at radius 1 is 1.26 bits per heavy atom. The van der Waals surface area contributed by atoms with Crippen molar-refractivity contribution in [2.75, 3.05) is 6.54 Å². The van der Waals surface area contributed by atoms with Crippen LogP contribution in [0.5, 0.6) is 0 Å². The smallest absolute Gasteiger partial charge is 0.314 e. The van der Waals surface area contributed by atoms with Gasteiger partial charge in [-0.1, -0.05) is 13.0 Å². The molecule has 1 aliphatic carbocycles. The van der Waals surface area contributed by atoms with E-state index in [1.54, 1.807) is 0 Å². The summed E-state index contributed by atoms with van der Waals surface area (Å²) in [6, 6.07) is 0.374. The Bertz CT molecular complexity index is 255. The molecule has 1 saturated carbocycles. The molecular weight excluding hydrogens is 251 g/mol. The maximum Gasteiger partial charge on any atom is 0.391 e. The Morgan fingerprint density at radius 3 is 2.37 bits per heavy atom. The third kappa shape index (κ3) is 5.55. The van der Waals surface area contributed by atoms with Gasteiger partial charge in [0.15, 0.2) is 0 Å². The summed E-state index contributed by atoms with van der Waals surface area (Å²) >= 11 is 0. The largest absolute Gasteiger partial charge is 0.391 e. The highest BCUT2D eigenvalue weighted by Crippen LogP contribution is 2.40. The molecule has 1 N–H and O–H groups in total. The van der Waals surface area contributed by atoms with Gasteiger partial charge >= 0.3 is 6.18 Å².